The summed E-state index contributed by atoms with van der Waals surface area (Å²) in [5.41, 5.74) is 6.45. The molecule has 0 radical (unpaired) electrons. The summed E-state index contributed by atoms with van der Waals surface area (Å²) in [6, 6.07) is 0. The first kappa shape index (κ1) is 14.6. The molecule has 5 nitrogen and oxygen atoms in total. The summed E-state index contributed by atoms with van der Waals surface area (Å²) in [4.78, 5) is 0. The van der Waals surface area contributed by atoms with Gasteiger partial charge in [-0.15, -0.1) is 0 Å². The molecule has 1 heterocycles. The van der Waals surface area contributed by atoms with Gasteiger partial charge < -0.3 is 5.73 Å². The molecule has 100 valence electrons. The molecule has 0 aromatic rings. The topological polar surface area (TPSA) is 66.6 Å². The van der Waals surface area contributed by atoms with E-state index in [-0.39, 0.29) is 5.92 Å². The average molecular weight is 261 g/mol. The summed E-state index contributed by atoms with van der Waals surface area (Å²) in [6.45, 7) is 7.62. The Bertz CT molecular complexity index is 367. The van der Waals surface area contributed by atoms with Crippen LogP contribution in [0.5, 0.6) is 0 Å². The van der Waals surface area contributed by atoms with Gasteiger partial charge in [0.15, 0.2) is 0 Å². The number of hydrogen-bond donors (Lipinski definition) is 1. The Morgan fingerprint density at radius 2 is 2.24 bits per heavy atom. The second-order valence-corrected chi connectivity index (χ2v) is 6.86. The molecule has 1 aliphatic rings. The second kappa shape index (κ2) is 5.95. The van der Waals surface area contributed by atoms with E-state index < -0.39 is 10.2 Å². The minimum Gasteiger partial charge on any atom is -0.330 e. The zero-order valence-corrected chi connectivity index (χ0v) is 11.5. The van der Waals surface area contributed by atoms with Crippen LogP contribution < -0.4 is 5.73 Å². The number of likely N-dealkylation sites (N-methyl/N-ethyl adjacent to an activating group) is 1. The van der Waals surface area contributed by atoms with Crippen LogP contribution in [0.3, 0.4) is 0 Å². The summed E-state index contributed by atoms with van der Waals surface area (Å²) >= 11 is 0. The maximum absolute atomic E-state index is 12.3. The largest absolute Gasteiger partial charge is 0.330 e. The fourth-order valence-electron chi connectivity index (χ4n) is 2.09. The lowest BCUT2D eigenvalue weighted by Crippen LogP contribution is -2.48. The number of piperidine rings is 1. The van der Waals surface area contributed by atoms with Crippen LogP contribution >= 0.6 is 0 Å². The highest BCUT2D eigenvalue weighted by Crippen LogP contribution is 2.20. The summed E-state index contributed by atoms with van der Waals surface area (Å²) < 4.78 is 27.4. The average Bonchev–Trinajstić information content (AvgIpc) is 2.28. The fraction of sp³-hybridized carbons (Fsp3) is 0.818. The van der Waals surface area contributed by atoms with Gasteiger partial charge >= 0.3 is 0 Å². The van der Waals surface area contributed by atoms with Crippen LogP contribution in [0.15, 0.2) is 12.2 Å². The standard InChI is InChI=1S/C11H23N3O2S/c1-10(2)8-13(3)17(15,16)14-6-4-5-11(7-12)9-14/h11H,1,4-9,12H2,2-3H3. The zero-order valence-electron chi connectivity index (χ0n) is 10.7. The third kappa shape index (κ3) is 3.77. The molecule has 2 N–H and O–H groups in total. The maximum Gasteiger partial charge on any atom is 0.282 e. The van der Waals surface area contributed by atoms with Gasteiger partial charge in [-0.3, -0.25) is 0 Å². The Morgan fingerprint density at radius 3 is 2.76 bits per heavy atom. The Kier molecular flexibility index (Phi) is 5.12. The van der Waals surface area contributed by atoms with Gasteiger partial charge in [-0.2, -0.15) is 17.0 Å². The molecule has 1 atom stereocenters. The number of hydrogen-bond acceptors (Lipinski definition) is 3. The van der Waals surface area contributed by atoms with E-state index in [1.165, 1.54) is 8.61 Å². The molecule has 17 heavy (non-hydrogen) atoms. The van der Waals surface area contributed by atoms with E-state index in [9.17, 15) is 8.42 Å². The van der Waals surface area contributed by atoms with Crippen LogP contribution in [0.1, 0.15) is 19.8 Å². The lowest BCUT2D eigenvalue weighted by molar-refractivity contribution is 0.257. The summed E-state index contributed by atoms with van der Waals surface area (Å²) in [7, 11) is -1.76. The monoisotopic (exact) mass is 261 g/mol. The molecule has 0 aromatic carbocycles. The highest BCUT2D eigenvalue weighted by molar-refractivity contribution is 7.86. The highest BCUT2D eigenvalue weighted by atomic mass is 32.2. The first-order valence-electron chi connectivity index (χ1n) is 5.93. The van der Waals surface area contributed by atoms with Crippen LogP contribution in [-0.4, -0.2) is 50.3 Å². The fourth-order valence-corrected chi connectivity index (χ4v) is 3.62. The lowest BCUT2D eigenvalue weighted by Gasteiger charge is -2.34. The molecule has 0 aliphatic carbocycles. The molecular formula is C11H23N3O2S. The Labute approximate surface area is 104 Å². The summed E-state index contributed by atoms with van der Waals surface area (Å²) in [5.74, 6) is 0.289. The molecule has 1 saturated heterocycles. The normalized spacial score (nSPS) is 22.9. The molecule has 1 fully saturated rings. The maximum atomic E-state index is 12.3. The smallest absolute Gasteiger partial charge is 0.282 e. The van der Waals surface area contributed by atoms with Crippen molar-refractivity contribution in [2.75, 3.05) is 33.2 Å². The van der Waals surface area contributed by atoms with Crippen molar-refractivity contribution >= 4 is 10.2 Å². The SMILES string of the molecule is C=C(C)CN(C)S(=O)(=O)N1CCCC(CN)C1. The van der Waals surface area contributed by atoms with Crippen molar-refractivity contribution < 1.29 is 8.42 Å². The van der Waals surface area contributed by atoms with E-state index in [1.54, 1.807) is 7.05 Å². The summed E-state index contributed by atoms with van der Waals surface area (Å²) in [6.07, 6.45) is 1.91. The number of nitrogens with two attached hydrogens (primary N) is 1. The van der Waals surface area contributed by atoms with Crippen LogP contribution in [0, 0.1) is 5.92 Å². The zero-order chi connectivity index (χ0) is 13.1. The third-order valence-electron chi connectivity index (χ3n) is 3.03. The van der Waals surface area contributed by atoms with Crippen LogP contribution in [-0.2, 0) is 10.2 Å². The molecule has 0 spiro atoms. The van der Waals surface area contributed by atoms with E-state index in [4.69, 9.17) is 5.73 Å². The minimum atomic E-state index is -3.35. The predicted molar refractivity (Wildman–Crippen MR) is 69.7 cm³/mol. The van der Waals surface area contributed by atoms with Crippen molar-refractivity contribution in [1.29, 1.82) is 0 Å². The van der Waals surface area contributed by atoms with Gasteiger partial charge in [0.2, 0.25) is 0 Å². The first-order chi connectivity index (χ1) is 7.87. The second-order valence-electron chi connectivity index (χ2n) is 4.82. The molecule has 6 heteroatoms. The van der Waals surface area contributed by atoms with Crippen molar-refractivity contribution in [3.05, 3.63) is 12.2 Å². The van der Waals surface area contributed by atoms with Gasteiger partial charge in [-0.1, -0.05) is 12.2 Å². The number of rotatable bonds is 5. The summed E-state index contributed by atoms with van der Waals surface area (Å²) in [5, 5.41) is 0. The molecule has 1 rings (SSSR count). The van der Waals surface area contributed by atoms with E-state index in [0.717, 1.165) is 18.4 Å². The molecule has 0 saturated carbocycles. The van der Waals surface area contributed by atoms with E-state index in [2.05, 4.69) is 6.58 Å². The molecule has 0 bridgehead atoms. The van der Waals surface area contributed by atoms with Crippen LogP contribution in [0.25, 0.3) is 0 Å². The van der Waals surface area contributed by atoms with Crippen molar-refractivity contribution in [3.8, 4) is 0 Å². The van der Waals surface area contributed by atoms with E-state index in [0.29, 0.717) is 26.2 Å². The first-order valence-corrected chi connectivity index (χ1v) is 7.33. The Balaban J connectivity index is 2.72. The molecule has 1 aliphatic heterocycles. The van der Waals surface area contributed by atoms with E-state index in [1.807, 2.05) is 6.92 Å². The van der Waals surface area contributed by atoms with Gasteiger partial charge in [-0.25, -0.2) is 0 Å². The van der Waals surface area contributed by atoms with Gasteiger partial charge in [0.1, 0.15) is 0 Å². The van der Waals surface area contributed by atoms with Gasteiger partial charge in [0, 0.05) is 26.7 Å². The highest BCUT2D eigenvalue weighted by Gasteiger charge is 2.31. The Hall–Kier alpha value is -0.430. The molecule has 1 unspecified atom stereocenters. The third-order valence-corrected chi connectivity index (χ3v) is 4.93. The molecular weight excluding hydrogens is 238 g/mol. The van der Waals surface area contributed by atoms with Crippen LogP contribution in [0.2, 0.25) is 0 Å². The predicted octanol–water partition coefficient (Wildman–Crippen LogP) is 0.410. The minimum absolute atomic E-state index is 0.289. The molecule has 0 aromatic heterocycles. The van der Waals surface area contributed by atoms with Crippen molar-refractivity contribution in [3.63, 3.8) is 0 Å². The molecule has 0 amide bonds. The van der Waals surface area contributed by atoms with Crippen molar-refractivity contribution in [2.45, 2.75) is 19.8 Å². The Morgan fingerprint density at radius 1 is 1.59 bits per heavy atom. The number of nitrogens with zero attached hydrogens (tertiary/aromatic N) is 2. The quantitative estimate of drug-likeness (QED) is 0.729. The lowest BCUT2D eigenvalue weighted by atomic mass is 10.0. The van der Waals surface area contributed by atoms with Crippen LogP contribution in [0.4, 0.5) is 0 Å². The van der Waals surface area contributed by atoms with Crippen molar-refractivity contribution in [2.24, 2.45) is 11.7 Å². The van der Waals surface area contributed by atoms with E-state index >= 15 is 0 Å². The van der Waals surface area contributed by atoms with Gasteiger partial charge in [-0.05, 0) is 32.2 Å². The van der Waals surface area contributed by atoms with Crippen molar-refractivity contribution in [1.82, 2.24) is 8.61 Å². The van der Waals surface area contributed by atoms with Gasteiger partial charge in [0.05, 0.1) is 0 Å². The van der Waals surface area contributed by atoms with Gasteiger partial charge in [0.25, 0.3) is 10.2 Å².